The predicted molar refractivity (Wildman–Crippen MR) is 79.4 cm³/mol. The zero-order valence-corrected chi connectivity index (χ0v) is 12.3. The Hall–Kier alpha value is -1.88. The van der Waals surface area contributed by atoms with Crippen LogP contribution in [0.3, 0.4) is 0 Å². The Morgan fingerprint density at radius 1 is 1.33 bits per heavy atom. The first-order valence-electron chi connectivity index (χ1n) is 7.24. The van der Waals surface area contributed by atoms with E-state index in [9.17, 15) is 9.59 Å². The van der Waals surface area contributed by atoms with Crippen LogP contribution >= 0.6 is 0 Å². The molecule has 1 saturated carbocycles. The van der Waals surface area contributed by atoms with E-state index in [1.165, 1.54) is 7.11 Å². The normalized spacial score (nSPS) is 17.4. The van der Waals surface area contributed by atoms with Crippen molar-refractivity contribution in [3.05, 3.63) is 35.9 Å². The summed E-state index contributed by atoms with van der Waals surface area (Å²) in [5.41, 5.74) is 6.21. The summed E-state index contributed by atoms with van der Waals surface area (Å²) < 4.78 is 4.80. The molecule has 0 aliphatic heterocycles. The van der Waals surface area contributed by atoms with Gasteiger partial charge in [-0.2, -0.15) is 0 Å². The number of ether oxygens (including phenoxy) is 1. The molecular weight excluding hydrogens is 268 g/mol. The Morgan fingerprint density at radius 3 is 2.48 bits per heavy atom. The van der Waals surface area contributed by atoms with Gasteiger partial charge in [0.05, 0.1) is 12.5 Å². The third-order valence-electron chi connectivity index (χ3n) is 4.26. The molecule has 1 atom stereocenters. The monoisotopic (exact) mass is 290 g/mol. The average Bonchev–Trinajstić information content (AvgIpc) is 2.46. The molecule has 0 bridgehead atoms. The fraction of sp³-hybridized carbons (Fsp3) is 0.500. The second-order valence-electron chi connectivity index (χ2n) is 5.58. The van der Waals surface area contributed by atoms with Crippen LogP contribution in [-0.4, -0.2) is 31.6 Å². The second-order valence-corrected chi connectivity index (χ2v) is 5.58. The van der Waals surface area contributed by atoms with Gasteiger partial charge in [0.1, 0.15) is 6.04 Å². The molecule has 3 N–H and O–H groups in total. The van der Waals surface area contributed by atoms with Crippen molar-refractivity contribution < 1.29 is 14.3 Å². The number of hydrogen-bond donors (Lipinski definition) is 2. The van der Waals surface area contributed by atoms with E-state index in [2.05, 4.69) is 5.32 Å². The molecule has 114 valence electrons. The third kappa shape index (κ3) is 3.42. The number of hydrogen-bond acceptors (Lipinski definition) is 4. The van der Waals surface area contributed by atoms with Crippen molar-refractivity contribution in [1.29, 1.82) is 0 Å². The van der Waals surface area contributed by atoms with Crippen molar-refractivity contribution >= 4 is 11.9 Å². The lowest BCUT2D eigenvalue weighted by Gasteiger charge is -2.39. The first-order chi connectivity index (χ1) is 10.1. The molecule has 1 aliphatic carbocycles. The highest BCUT2D eigenvalue weighted by Gasteiger charge is 2.44. The van der Waals surface area contributed by atoms with Crippen LogP contribution in [-0.2, 0) is 20.7 Å². The summed E-state index contributed by atoms with van der Waals surface area (Å²) >= 11 is 0. The maximum Gasteiger partial charge on any atom is 0.328 e. The number of carbonyl (C=O) groups is 2. The molecule has 21 heavy (non-hydrogen) atoms. The molecule has 5 nitrogen and oxygen atoms in total. The summed E-state index contributed by atoms with van der Waals surface area (Å²) in [6, 6.07) is 8.88. The molecule has 0 heterocycles. The molecule has 1 amide bonds. The van der Waals surface area contributed by atoms with E-state index in [-0.39, 0.29) is 5.91 Å². The van der Waals surface area contributed by atoms with Gasteiger partial charge in [-0.1, -0.05) is 36.8 Å². The van der Waals surface area contributed by atoms with Gasteiger partial charge in [0.25, 0.3) is 0 Å². The minimum atomic E-state index is -0.672. The van der Waals surface area contributed by atoms with E-state index in [1.54, 1.807) is 0 Å². The Labute approximate surface area is 124 Å². The van der Waals surface area contributed by atoms with Gasteiger partial charge in [-0.05, 0) is 18.4 Å². The number of esters is 1. The number of rotatable bonds is 6. The molecule has 1 aromatic carbocycles. The van der Waals surface area contributed by atoms with Crippen molar-refractivity contribution in [3.63, 3.8) is 0 Å². The largest absolute Gasteiger partial charge is 0.467 e. The van der Waals surface area contributed by atoms with Crippen LogP contribution in [0.15, 0.2) is 30.3 Å². The smallest absolute Gasteiger partial charge is 0.328 e. The SMILES string of the molecule is COC(=O)C(Cc1ccccc1)NC(=O)C1(CN)CCC1. The fourth-order valence-corrected chi connectivity index (χ4v) is 2.62. The van der Waals surface area contributed by atoms with Gasteiger partial charge in [-0.3, -0.25) is 4.79 Å². The number of carbonyl (C=O) groups excluding carboxylic acids is 2. The number of nitrogens with two attached hydrogens (primary N) is 1. The highest BCUT2D eigenvalue weighted by Crippen LogP contribution is 2.40. The number of amides is 1. The van der Waals surface area contributed by atoms with E-state index in [0.717, 1.165) is 24.8 Å². The van der Waals surface area contributed by atoms with Crippen molar-refractivity contribution in [2.24, 2.45) is 11.1 Å². The summed E-state index contributed by atoms with van der Waals surface area (Å²) in [6.45, 7) is 0.318. The maximum atomic E-state index is 12.4. The Balaban J connectivity index is 2.06. The standard InChI is InChI=1S/C16H22N2O3/c1-21-14(19)13(10-12-6-3-2-4-7-12)18-15(20)16(11-17)8-5-9-16/h2-4,6-7,13H,5,8-11,17H2,1H3,(H,18,20). The average molecular weight is 290 g/mol. The van der Waals surface area contributed by atoms with Gasteiger partial charge >= 0.3 is 5.97 Å². The minimum Gasteiger partial charge on any atom is -0.467 e. The predicted octanol–water partition coefficient (Wildman–Crippen LogP) is 1.02. The van der Waals surface area contributed by atoms with Gasteiger partial charge in [0.2, 0.25) is 5.91 Å². The lowest BCUT2D eigenvalue weighted by molar-refractivity contribution is -0.147. The first-order valence-corrected chi connectivity index (χ1v) is 7.24. The fourth-order valence-electron chi connectivity index (χ4n) is 2.62. The number of nitrogens with one attached hydrogen (secondary N) is 1. The van der Waals surface area contributed by atoms with E-state index < -0.39 is 17.4 Å². The lowest BCUT2D eigenvalue weighted by atomic mass is 9.68. The van der Waals surface area contributed by atoms with Crippen LogP contribution < -0.4 is 11.1 Å². The highest BCUT2D eigenvalue weighted by molar-refractivity contribution is 5.88. The van der Waals surface area contributed by atoms with Crippen molar-refractivity contribution in [3.8, 4) is 0 Å². The van der Waals surface area contributed by atoms with Gasteiger partial charge in [0, 0.05) is 13.0 Å². The van der Waals surface area contributed by atoms with Crippen molar-refractivity contribution in [2.45, 2.75) is 31.7 Å². The molecule has 0 spiro atoms. The van der Waals surface area contributed by atoms with Crippen LogP contribution in [0.5, 0.6) is 0 Å². The quantitative estimate of drug-likeness (QED) is 0.766. The van der Waals surface area contributed by atoms with Gasteiger partial charge in [-0.25, -0.2) is 4.79 Å². The Morgan fingerprint density at radius 2 is 2.00 bits per heavy atom. The summed E-state index contributed by atoms with van der Waals surface area (Å²) in [7, 11) is 1.33. The molecule has 1 unspecified atom stereocenters. The number of benzene rings is 1. The highest BCUT2D eigenvalue weighted by atomic mass is 16.5. The molecule has 1 fully saturated rings. The molecule has 1 aromatic rings. The topological polar surface area (TPSA) is 81.4 Å². The molecule has 2 rings (SSSR count). The zero-order chi connectivity index (χ0) is 15.3. The van der Waals surface area contributed by atoms with E-state index >= 15 is 0 Å². The molecular formula is C16H22N2O3. The van der Waals surface area contributed by atoms with Gasteiger partial charge in [-0.15, -0.1) is 0 Å². The molecule has 0 aromatic heterocycles. The third-order valence-corrected chi connectivity index (χ3v) is 4.26. The van der Waals surface area contributed by atoms with Crippen LogP contribution in [0, 0.1) is 5.41 Å². The summed E-state index contributed by atoms with van der Waals surface area (Å²) in [5, 5.41) is 2.82. The molecule has 0 saturated heterocycles. The second kappa shape index (κ2) is 6.72. The maximum absolute atomic E-state index is 12.4. The van der Waals surface area contributed by atoms with Gasteiger partial charge in [0.15, 0.2) is 0 Å². The van der Waals surface area contributed by atoms with Crippen LogP contribution in [0.2, 0.25) is 0 Å². The Kier molecular flexibility index (Phi) is 4.96. The summed E-state index contributed by atoms with van der Waals surface area (Å²) in [5.74, 6) is -0.568. The van der Waals surface area contributed by atoms with E-state index in [0.29, 0.717) is 13.0 Å². The van der Waals surface area contributed by atoms with E-state index in [1.807, 2.05) is 30.3 Å². The van der Waals surface area contributed by atoms with Gasteiger partial charge < -0.3 is 15.8 Å². The van der Waals surface area contributed by atoms with Crippen molar-refractivity contribution in [1.82, 2.24) is 5.32 Å². The van der Waals surface area contributed by atoms with Crippen LogP contribution in [0.1, 0.15) is 24.8 Å². The summed E-state index contributed by atoms with van der Waals surface area (Å²) in [4.78, 5) is 24.3. The summed E-state index contributed by atoms with van der Waals surface area (Å²) in [6.07, 6.45) is 3.00. The van der Waals surface area contributed by atoms with Crippen LogP contribution in [0.25, 0.3) is 0 Å². The number of methoxy groups -OCH3 is 1. The minimum absolute atomic E-state index is 0.136. The molecule has 0 radical (unpaired) electrons. The lowest BCUT2D eigenvalue weighted by Crippen LogP contribution is -2.55. The molecule has 5 heteroatoms. The van der Waals surface area contributed by atoms with E-state index in [4.69, 9.17) is 10.5 Å². The van der Waals surface area contributed by atoms with Crippen molar-refractivity contribution in [2.75, 3.05) is 13.7 Å². The zero-order valence-electron chi connectivity index (χ0n) is 12.3. The Bertz CT molecular complexity index is 492. The van der Waals surface area contributed by atoms with Crippen LogP contribution in [0.4, 0.5) is 0 Å². The molecule has 1 aliphatic rings. The first kappa shape index (κ1) is 15.5.